The van der Waals surface area contributed by atoms with Crippen molar-refractivity contribution in [1.29, 1.82) is 0 Å². The molecule has 0 unspecified atom stereocenters. The zero-order valence-electron chi connectivity index (χ0n) is 21.9. The van der Waals surface area contributed by atoms with Crippen molar-refractivity contribution in [1.82, 2.24) is 9.80 Å². The SMILES string of the molecule is CCOc1ccc(NC(=O)CN2C(=O)S/C(=C\c3ccc(OCC(=O)N4CCCC4)c(OCC)c3)C2=O)cc1. The number of rotatable bonds is 11. The molecule has 2 aliphatic rings. The lowest BCUT2D eigenvalue weighted by Crippen LogP contribution is -2.36. The predicted molar refractivity (Wildman–Crippen MR) is 148 cm³/mol. The molecule has 39 heavy (non-hydrogen) atoms. The van der Waals surface area contributed by atoms with Crippen LogP contribution in [-0.2, 0) is 14.4 Å². The van der Waals surface area contributed by atoms with Gasteiger partial charge in [0.1, 0.15) is 12.3 Å². The summed E-state index contributed by atoms with van der Waals surface area (Å²) in [6, 6.07) is 11.9. The zero-order chi connectivity index (χ0) is 27.8. The molecule has 2 aromatic carbocycles. The summed E-state index contributed by atoms with van der Waals surface area (Å²) in [5.74, 6) is 0.399. The van der Waals surface area contributed by atoms with Crippen LogP contribution in [0, 0.1) is 0 Å². The van der Waals surface area contributed by atoms with E-state index in [1.807, 2.05) is 13.8 Å². The maximum Gasteiger partial charge on any atom is 0.294 e. The maximum absolute atomic E-state index is 12.9. The van der Waals surface area contributed by atoms with Crippen molar-refractivity contribution < 1.29 is 33.4 Å². The van der Waals surface area contributed by atoms with Gasteiger partial charge in [0.25, 0.3) is 17.1 Å². The molecule has 4 amide bonds. The van der Waals surface area contributed by atoms with E-state index in [-0.39, 0.29) is 17.4 Å². The first-order valence-electron chi connectivity index (χ1n) is 12.8. The molecule has 2 fully saturated rings. The lowest BCUT2D eigenvalue weighted by Gasteiger charge is -2.17. The molecule has 4 rings (SSSR count). The van der Waals surface area contributed by atoms with Crippen LogP contribution in [0.1, 0.15) is 32.3 Å². The number of imide groups is 1. The highest BCUT2D eigenvalue weighted by atomic mass is 32.2. The van der Waals surface area contributed by atoms with Crippen molar-refractivity contribution in [2.75, 3.05) is 44.8 Å². The lowest BCUT2D eigenvalue weighted by atomic mass is 10.2. The Morgan fingerprint density at radius 1 is 0.949 bits per heavy atom. The van der Waals surface area contributed by atoms with Crippen molar-refractivity contribution in [2.24, 2.45) is 0 Å². The average molecular weight is 554 g/mol. The summed E-state index contributed by atoms with van der Waals surface area (Å²) in [5.41, 5.74) is 1.14. The quantitative estimate of drug-likeness (QED) is 0.413. The number of likely N-dealkylation sites (tertiary alicyclic amines) is 1. The number of hydrogen-bond acceptors (Lipinski definition) is 8. The van der Waals surface area contributed by atoms with Crippen LogP contribution in [0.3, 0.4) is 0 Å². The molecule has 2 aliphatic heterocycles. The largest absolute Gasteiger partial charge is 0.494 e. The normalized spacial score (nSPS) is 16.1. The van der Waals surface area contributed by atoms with Gasteiger partial charge in [0.05, 0.1) is 18.1 Å². The van der Waals surface area contributed by atoms with Crippen LogP contribution in [0.5, 0.6) is 17.2 Å². The number of hydrogen-bond donors (Lipinski definition) is 1. The van der Waals surface area contributed by atoms with Crippen molar-refractivity contribution in [3.63, 3.8) is 0 Å². The van der Waals surface area contributed by atoms with Gasteiger partial charge in [0.2, 0.25) is 5.91 Å². The summed E-state index contributed by atoms with van der Waals surface area (Å²) in [6.45, 7) is 5.62. The Morgan fingerprint density at radius 3 is 2.36 bits per heavy atom. The molecule has 2 heterocycles. The molecule has 0 radical (unpaired) electrons. The fourth-order valence-electron chi connectivity index (χ4n) is 4.13. The molecular formula is C28H31N3O7S. The number of amides is 4. The molecule has 11 heteroatoms. The van der Waals surface area contributed by atoms with Crippen LogP contribution >= 0.6 is 11.8 Å². The van der Waals surface area contributed by atoms with E-state index in [1.165, 1.54) is 0 Å². The molecule has 2 saturated heterocycles. The Balaban J connectivity index is 1.39. The highest BCUT2D eigenvalue weighted by Gasteiger charge is 2.36. The Kier molecular flexibility index (Phi) is 9.48. The maximum atomic E-state index is 12.9. The van der Waals surface area contributed by atoms with E-state index in [0.717, 1.165) is 42.6 Å². The Labute approximate surface area is 231 Å². The minimum Gasteiger partial charge on any atom is -0.494 e. The van der Waals surface area contributed by atoms with Crippen molar-refractivity contribution in [3.8, 4) is 17.2 Å². The summed E-state index contributed by atoms with van der Waals surface area (Å²) in [4.78, 5) is 53.2. The molecule has 0 saturated carbocycles. The molecular weight excluding hydrogens is 522 g/mol. The molecule has 0 aliphatic carbocycles. The lowest BCUT2D eigenvalue weighted by molar-refractivity contribution is -0.132. The van der Waals surface area contributed by atoms with Gasteiger partial charge in [-0.1, -0.05) is 6.07 Å². The van der Waals surface area contributed by atoms with Gasteiger partial charge in [-0.25, -0.2) is 0 Å². The van der Waals surface area contributed by atoms with Gasteiger partial charge in [-0.05, 0) is 86.5 Å². The summed E-state index contributed by atoms with van der Waals surface area (Å²) in [7, 11) is 0. The third-order valence-corrected chi connectivity index (χ3v) is 6.91. The summed E-state index contributed by atoms with van der Waals surface area (Å²) < 4.78 is 16.8. The second-order valence-electron chi connectivity index (χ2n) is 8.79. The summed E-state index contributed by atoms with van der Waals surface area (Å²) in [6.07, 6.45) is 3.57. The van der Waals surface area contributed by atoms with Gasteiger partial charge in [0, 0.05) is 18.8 Å². The number of carbonyl (C=O) groups excluding carboxylic acids is 4. The molecule has 10 nitrogen and oxygen atoms in total. The third kappa shape index (κ3) is 7.32. The van der Waals surface area contributed by atoms with E-state index in [4.69, 9.17) is 14.2 Å². The minimum absolute atomic E-state index is 0.0701. The first kappa shape index (κ1) is 28.0. The molecule has 0 atom stereocenters. The summed E-state index contributed by atoms with van der Waals surface area (Å²) in [5, 5.41) is 2.15. The number of nitrogens with one attached hydrogen (secondary N) is 1. The Bertz CT molecular complexity index is 1260. The van der Waals surface area contributed by atoms with E-state index in [0.29, 0.717) is 41.7 Å². The Hall–Kier alpha value is -3.99. The van der Waals surface area contributed by atoms with Crippen molar-refractivity contribution in [3.05, 3.63) is 52.9 Å². The predicted octanol–water partition coefficient (Wildman–Crippen LogP) is 4.16. The first-order valence-corrected chi connectivity index (χ1v) is 13.6. The number of ether oxygens (including phenoxy) is 3. The van der Waals surface area contributed by atoms with Gasteiger partial charge < -0.3 is 24.4 Å². The Morgan fingerprint density at radius 2 is 1.67 bits per heavy atom. The minimum atomic E-state index is -0.554. The van der Waals surface area contributed by atoms with Crippen LogP contribution in [-0.4, -0.2) is 72.2 Å². The van der Waals surface area contributed by atoms with Gasteiger partial charge in [0.15, 0.2) is 18.1 Å². The number of benzene rings is 2. The van der Waals surface area contributed by atoms with Crippen LogP contribution in [0.15, 0.2) is 47.4 Å². The molecule has 1 N–H and O–H groups in total. The molecule has 206 valence electrons. The van der Waals surface area contributed by atoms with E-state index in [9.17, 15) is 19.2 Å². The van der Waals surface area contributed by atoms with Crippen LogP contribution in [0.2, 0.25) is 0 Å². The molecule has 0 spiro atoms. The second-order valence-corrected chi connectivity index (χ2v) is 9.78. The molecule has 2 aromatic rings. The molecule has 0 aromatic heterocycles. The number of thioether (sulfide) groups is 1. The fourth-order valence-corrected chi connectivity index (χ4v) is 4.97. The third-order valence-electron chi connectivity index (χ3n) is 6.00. The molecule has 0 bridgehead atoms. The van der Waals surface area contributed by atoms with Crippen molar-refractivity contribution >= 4 is 46.5 Å². The van der Waals surface area contributed by atoms with Gasteiger partial charge in [-0.3, -0.25) is 24.1 Å². The van der Waals surface area contributed by atoms with Crippen LogP contribution in [0.25, 0.3) is 6.08 Å². The van der Waals surface area contributed by atoms with Gasteiger partial charge in [-0.2, -0.15) is 0 Å². The van der Waals surface area contributed by atoms with E-state index in [2.05, 4.69) is 5.32 Å². The van der Waals surface area contributed by atoms with E-state index < -0.39 is 23.6 Å². The standard InChI is InChI=1S/C28H31N3O7S/c1-3-36-21-10-8-20(9-11-21)29-25(32)17-31-27(34)24(39-28(31)35)16-19-7-12-22(23(15-19)37-4-2)38-18-26(33)30-13-5-6-14-30/h7-12,15-16H,3-6,13-14,17-18H2,1-2H3,(H,29,32)/b24-16-. The van der Waals surface area contributed by atoms with E-state index >= 15 is 0 Å². The highest BCUT2D eigenvalue weighted by Crippen LogP contribution is 2.35. The van der Waals surface area contributed by atoms with Crippen molar-refractivity contribution in [2.45, 2.75) is 26.7 Å². The fraction of sp³-hybridized carbons (Fsp3) is 0.357. The smallest absolute Gasteiger partial charge is 0.294 e. The zero-order valence-corrected chi connectivity index (χ0v) is 22.8. The summed E-state index contributed by atoms with van der Waals surface area (Å²) >= 11 is 0.764. The number of anilines is 1. The van der Waals surface area contributed by atoms with Crippen LogP contribution in [0.4, 0.5) is 10.5 Å². The van der Waals surface area contributed by atoms with E-state index in [1.54, 1.807) is 53.4 Å². The highest BCUT2D eigenvalue weighted by molar-refractivity contribution is 8.18. The second kappa shape index (κ2) is 13.2. The van der Waals surface area contributed by atoms with Gasteiger partial charge in [-0.15, -0.1) is 0 Å². The average Bonchev–Trinajstić information content (AvgIpc) is 3.55. The topological polar surface area (TPSA) is 114 Å². The van der Waals surface area contributed by atoms with Crippen LogP contribution < -0.4 is 19.5 Å². The monoisotopic (exact) mass is 553 g/mol. The number of carbonyl (C=O) groups is 4. The number of nitrogens with zero attached hydrogens (tertiary/aromatic N) is 2. The first-order chi connectivity index (χ1) is 18.9. The van der Waals surface area contributed by atoms with Gasteiger partial charge >= 0.3 is 0 Å².